The molecule has 2 aliphatic rings. The lowest BCUT2D eigenvalue weighted by molar-refractivity contribution is -0.143. The zero-order valence-corrected chi connectivity index (χ0v) is 12.9. The Balaban J connectivity index is 1.68. The molecule has 2 N–H and O–H groups in total. The zero-order chi connectivity index (χ0) is 15.9. The molecule has 2 heterocycles. The normalized spacial score (nSPS) is 22.3. The second-order valence-electron chi connectivity index (χ2n) is 6.05. The Labute approximate surface area is 130 Å². The third kappa shape index (κ3) is 4.61. The van der Waals surface area contributed by atoms with Crippen molar-refractivity contribution in [2.24, 2.45) is 5.92 Å². The molecule has 0 radical (unpaired) electrons. The van der Waals surface area contributed by atoms with Gasteiger partial charge in [-0.3, -0.25) is 9.59 Å². The highest BCUT2D eigenvalue weighted by molar-refractivity contribution is 5.79. The SMILES string of the molecule is O=C(O)C1CCCN(C(=O)NCCC(=O)N2CCCCC2)C1. The minimum atomic E-state index is -0.849. The van der Waals surface area contributed by atoms with E-state index in [0.717, 1.165) is 25.9 Å². The number of piperidine rings is 2. The molecule has 2 fully saturated rings. The molecule has 2 rings (SSSR count). The summed E-state index contributed by atoms with van der Waals surface area (Å²) in [6.45, 7) is 2.78. The van der Waals surface area contributed by atoms with Crippen LogP contribution in [0.5, 0.6) is 0 Å². The highest BCUT2D eigenvalue weighted by Crippen LogP contribution is 2.16. The highest BCUT2D eigenvalue weighted by atomic mass is 16.4. The van der Waals surface area contributed by atoms with E-state index in [9.17, 15) is 14.4 Å². The number of carboxylic acid groups (broad SMARTS) is 1. The first-order chi connectivity index (χ1) is 10.6. The summed E-state index contributed by atoms with van der Waals surface area (Å²) in [4.78, 5) is 38.4. The first-order valence-electron chi connectivity index (χ1n) is 8.11. The van der Waals surface area contributed by atoms with Gasteiger partial charge in [-0.1, -0.05) is 0 Å². The average Bonchev–Trinajstić information content (AvgIpc) is 2.55. The first-order valence-corrected chi connectivity index (χ1v) is 8.11. The summed E-state index contributed by atoms with van der Waals surface area (Å²) in [7, 11) is 0. The summed E-state index contributed by atoms with van der Waals surface area (Å²) in [6.07, 6.45) is 4.93. The minimum Gasteiger partial charge on any atom is -0.481 e. The fourth-order valence-corrected chi connectivity index (χ4v) is 3.05. The Kier molecular flexibility index (Phi) is 6.03. The highest BCUT2D eigenvalue weighted by Gasteiger charge is 2.28. The number of rotatable bonds is 4. The summed E-state index contributed by atoms with van der Waals surface area (Å²) in [5.41, 5.74) is 0. The van der Waals surface area contributed by atoms with Crippen LogP contribution < -0.4 is 5.32 Å². The van der Waals surface area contributed by atoms with E-state index in [1.807, 2.05) is 4.90 Å². The lowest BCUT2D eigenvalue weighted by atomic mass is 9.99. The van der Waals surface area contributed by atoms with E-state index in [1.54, 1.807) is 0 Å². The van der Waals surface area contributed by atoms with Crippen LogP contribution in [0.15, 0.2) is 0 Å². The third-order valence-corrected chi connectivity index (χ3v) is 4.38. The quantitative estimate of drug-likeness (QED) is 0.807. The molecule has 0 aromatic rings. The number of carbonyl (C=O) groups is 3. The van der Waals surface area contributed by atoms with Gasteiger partial charge in [0.15, 0.2) is 0 Å². The van der Waals surface area contributed by atoms with E-state index >= 15 is 0 Å². The second kappa shape index (κ2) is 8.00. The minimum absolute atomic E-state index is 0.0852. The van der Waals surface area contributed by atoms with Gasteiger partial charge in [0, 0.05) is 39.1 Å². The Morgan fingerprint density at radius 2 is 1.68 bits per heavy atom. The van der Waals surface area contributed by atoms with Gasteiger partial charge < -0.3 is 20.2 Å². The van der Waals surface area contributed by atoms with Crippen molar-refractivity contribution in [2.75, 3.05) is 32.7 Å². The number of carboxylic acids is 1. The molecular weight excluding hydrogens is 286 g/mol. The van der Waals surface area contributed by atoms with Crippen LogP contribution in [0.2, 0.25) is 0 Å². The van der Waals surface area contributed by atoms with Crippen LogP contribution in [0.1, 0.15) is 38.5 Å². The van der Waals surface area contributed by atoms with Crippen LogP contribution in [0.25, 0.3) is 0 Å². The number of likely N-dealkylation sites (tertiary alicyclic amines) is 2. The molecule has 0 bridgehead atoms. The van der Waals surface area contributed by atoms with Gasteiger partial charge in [0.05, 0.1) is 5.92 Å². The van der Waals surface area contributed by atoms with E-state index < -0.39 is 11.9 Å². The van der Waals surface area contributed by atoms with E-state index in [2.05, 4.69) is 5.32 Å². The number of amides is 3. The zero-order valence-electron chi connectivity index (χ0n) is 12.9. The van der Waals surface area contributed by atoms with Crippen LogP contribution in [0.4, 0.5) is 4.79 Å². The summed E-state index contributed by atoms with van der Waals surface area (Å²) in [5.74, 6) is -1.24. The van der Waals surface area contributed by atoms with Gasteiger partial charge in [0.1, 0.15) is 0 Å². The van der Waals surface area contributed by atoms with Crippen molar-refractivity contribution >= 4 is 17.9 Å². The lowest BCUT2D eigenvalue weighted by Crippen LogP contribution is -2.47. The standard InChI is InChI=1S/C15H25N3O4/c19-13(17-8-2-1-3-9-17)6-7-16-15(22)18-10-4-5-12(11-18)14(20)21/h12H,1-11H2,(H,16,22)(H,20,21). The lowest BCUT2D eigenvalue weighted by Gasteiger charge is -2.31. The maximum Gasteiger partial charge on any atom is 0.317 e. The topological polar surface area (TPSA) is 90.0 Å². The smallest absolute Gasteiger partial charge is 0.317 e. The van der Waals surface area contributed by atoms with Gasteiger partial charge in [-0.2, -0.15) is 0 Å². The van der Waals surface area contributed by atoms with E-state index in [4.69, 9.17) is 5.11 Å². The largest absolute Gasteiger partial charge is 0.481 e. The molecule has 0 aromatic heterocycles. The molecule has 7 nitrogen and oxygen atoms in total. The molecule has 1 unspecified atom stereocenters. The van der Waals surface area contributed by atoms with Crippen LogP contribution in [0.3, 0.4) is 0 Å². The molecule has 0 aromatic carbocycles. The molecule has 0 aliphatic carbocycles. The van der Waals surface area contributed by atoms with Crippen LogP contribution >= 0.6 is 0 Å². The van der Waals surface area contributed by atoms with Gasteiger partial charge in [-0.25, -0.2) is 4.79 Å². The molecule has 0 saturated carbocycles. The summed E-state index contributed by atoms with van der Waals surface area (Å²) in [6, 6.07) is -0.266. The summed E-state index contributed by atoms with van der Waals surface area (Å²) < 4.78 is 0. The predicted molar refractivity (Wildman–Crippen MR) is 80.4 cm³/mol. The number of nitrogens with zero attached hydrogens (tertiary/aromatic N) is 2. The molecule has 2 aliphatic heterocycles. The van der Waals surface area contributed by atoms with Gasteiger partial charge >= 0.3 is 12.0 Å². The number of urea groups is 1. The average molecular weight is 311 g/mol. The van der Waals surface area contributed by atoms with Crippen molar-refractivity contribution in [3.63, 3.8) is 0 Å². The molecule has 124 valence electrons. The van der Waals surface area contributed by atoms with Gasteiger partial charge in [-0.15, -0.1) is 0 Å². The van der Waals surface area contributed by atoms with E-state index in [0.29, 0.717) is 32.4 Å². The van der Waals surface area contributed by atoms with Crippen LogP contribution in [-0.2, 0) is 9.59 Å². The molecule has 3 amide bonds. The fourth-order valence-electron chi connectivity index (χ4n) is 3.05. The molecule has 0 spiro atoms. The van der Waals surface area contributed by atoms with Gasteiger partial charge in [0.2, 0.25) is 5.91 Å². The molecule has 2 saturated heterocycles. The van der Waals surface area contributed by atoms with Crippen LogP contribution in [0, 0.1) is 5.92 Å². The summed E-state index contributed by atoms with van der Waals surface area (Å²) in [5, 5.41) is 11.8. The Bertz CT molecular complexity index is 421. The number of aliphatic carboxylic acids is 1. The van der Waals surface area contributed by atoms with Crippen LogP contribution in [-0.4, -0.2) is 65.5 Å². The molecular formula is C15H25N3O4. The van der Waals surface area contributed by atoms with Crippen molar-refractivity contribution in [3.05, 3.63) is 0 Å². The van der Waals surface area contributed by atoms with Crippen molar-refractivity contribution in [1.29, 1.82) is 0 Å². The predicted octanol–water partition coefficient (Wildman–Crippen LogP) is 0.895. The first kappa shape index (κ1) is 16.6. The van der Waals surface area contributed by atoms with E-state index in [-0.39, 0.29) is 18.5 Å². The third-order valence-electron chi connectivity index (χ3n) is 4.38. The number of carbonyl (C=O) groups excluding carboxylic acids is 2. The number of hydrogen-bond donors (Lipinski definition) is 2. The molecule has 22 heavy (non-hydrogen) atoms. The maximum absolute atomic E-state index is 12.0. The Morgan fingerprint density at radius 1 is 1.00 bits per heavy atom. The van der Waals surface area contributed by atoms with Crippen molar-refractivity contribution in [3.8, 4) is 0 Å². The van der Waals surface area contributed by atoms with Crippen molar-refractivity contribution < 1.29 is 19.5 Å². The van der Waals surface area contributed by atoms with Gasteiger partial charge in [0.25, 0.3) is 0 Å². The number of hydrogen-bond acceptors (Lipinski definition) is 3. The monoisotopic (exact) mass is 311 g/mol. The molecule has 1 atom stereocenters. The Hall–Kier alpha value is -1.79. The molecule has 7 heteroatoms. The Morgan fingerprint density at radius 3 is 2.36 bits per heavy atom. The van der Waals surface area contributed by atoms with E-state index in [1.165, 1.54) is 11.3 Å². The number of nitrogens with one attached hydrogen (secondary N) is 1. The fraction of sp³-hybridized carbons (Fsp3) is 0.800. The van der Waals surface area contributed by atoms with Crippen molar-refractivity contribution in [1.82, 2.24) is 15.1 Å². The van der Waals surface area contributed by atoms with Crippen molar-refractivity contribution in [2.45, 2.75) is 38.5 Å². The summed E-state index contributed by atoms with van der Waals surface area (Å²) >= 11 is 0. The second-order valence-corrected chi connectivity index (χ2v) is 6.05. The van der Waals surface area contributed by atoms with Gasteiger partial charge in [-0.05, 0) is 32.1 Å². The maximum atomic E-state index is 12.0.